The van der Waals surface area contributed by atoms with Gasteiger partial charge in [-0.3, -0.25) is 0 Å². The molecular weight excluding hydrogens is 144 g/mol. The Kier molecular flexibility index (Phi) is 4.69. The molecule has 0 atom stereocenters. The van der Waals surface area contributed by atoms with Crippen LogP contribution in [0.2, 0.25) is 0 Å². The smallest absolute Gasteiger partial charge is 0.169 e. The van der Waals surface area contributed by atoms with Crippen LogP contribution in [0.25, 0.3) is 0 Å². The summed E-state index contributed by atoms with van der Waals surface area (Å²) in [4.78, 5) is 1.92. The molecule has 0 rings (SSSR count). The fourth-order valence-electron chi connectivity index (χ4n) is 0.405. The van der Waals surface area contributed by atoms with Gasteiger partial charge in [-0.2, -0.15) is 0 Å². The summed E-state index contributed by atoms with van der Waals surface area (Å²) < 4.78 is 0. The van der Waals surface area contributed by atoms with E-state index >= 15 is 0 Å². The molecule has 0 saturated heterocycles. The predicted octanol–water partition coefficient (Wildman–Crippen LogP) is 0.446. The number of thiocarbonyl (C=S) groups is 1. The number of nitrogens with one attached hydrogen (secondary N) is 1. The molecule has 0 aromatic carbocycles. The van der Waals surface area contributed by atoms with E-state index in [0.29, 0.717) is 11.7 Å². The summed E-state index contributed by atoms with van der Waals surface area (Å²) in [5.41, 5.74) is 0. The Hall–Kier alpha value is -0.750. The largest absolute Gasteiger partial charge is 0.353 e. The summed E-state index contributed by atoms with van der Waals surface area (Å²) >= 11 is 4.96. The second-order valence-electron chi connectivity index (χ2n) is 1.88. The highest BCUT2D eigenvalue weighted by atomic mass is 32.1. The molecule has 0 aliphatic rings. The number of rotatable bonds is 2. The number of nitrogens with zero attached hydrogens (tertiary/aromatic N) is 1. The Morgan fingerprint density at radius 2 is 2.40 bits per heavy atom. The molecule has 0 spiro atoms. The van der Waals surface area contributed by atoms with Crippen LogP contribution in [0.3, 0.4) is 0 Å². The van der Waals surface area contributed by atoms with Crippen LogP contribution in [0.4, 0.5) is 0 Å². The van der Waals surface area contributed by atoms with Gasteiger partial charge < -0.3 is 10.2 Å². The van der Waals surface area contributed by atoms with Gasteiger partial charge in [0.05, 0.1) is 6.54 Å². The topological polar surface area (TPSA) is 15.3 Å². The van der Waals surface area contributed by atoms with Crippen LogP contribution in [0.5, 0.6) is 0 Å². The summed E-state index contributed by atoms with van der Waals surface area (Å²) in [6, 6.07) is 0. The molecule has 0 bridgehead atoms. The zero-order valence-corrected chi connectivity index (χ0v) is 7.16. The van der Waals surface area contributed by atoms with Crippen LogP contribution >= 0.6 is 12.2 Å². The highest BCUT2D eigenvalue weighted by Crippen LogP contribution is 1.81. The third kappa shape index (κ3) is 3.31. The van der Waals surface area contributed by atoms with E-state index in [1.54, 1.807) is 0 Å². The lowest BCUT2D eigenvalue weighted by molar-refractivity contribution is 0.526. The summed E-state index contributed by atoms with van der Waals surface area (Å²) in [5, 5.41) is 3.61. The van der Waals surface area contributed by atoms with E-state index < -0.39 is 0 Å². The molecule has 0 radical (unpaired) electrons. The molecule has 0 saturated carbocycles. The minimum absolute atomic E-state index is 0.503. The highest BCUT2D eigenvalue weighted by Gasteiger charge is 1.96. The fourth-order valence-corrected chi connectivity index (χ4v) is 0.606. The zero-order chi connectivity index (χ0) is 7.98. The number of hydrogen-bond acceptors (Lipinski definition) is 1. The third-order valence-corrected chi connectivity index (χ3v) is 1.62. The molecular formula is C7H12N2S. The molecule has 0 heterocycles. The quantitative estimate of drug-likeness (QED) is 0.461. The van der Waals surface area contributed by atoms with Crippen LogP contribution in [0, 0.1) is 12.3 Å². The molecule has 0 aliphatic carbocycles. The van der Waals surface area contributed by atoms with Gasteiger partial charge in [-0.15, -0.1) is 6.42 Å². The summed E-state index contributed by atoms with van der Waals surface area (Å²) in [6.07, 6.45) is 5.03. The van der Waals surface area contributed by atoms with Crippen LogP contribution < -0.4 is 5.32 Å². The Balaban J connectivity index is 3.54. The minimum Gasteiger partial charge on any atom is -0.353 e. The van der Waals surface area contributed by atoms with Gasteiger partial charge in [-0.1, -0.05) is 5.92 Å². The van der Waals surface area contributed by atoms with Crippen molar-refractivity contribution < 1.29 is 0 Å². The standard InChI is InChI=1S/C7H12N2S/c1-4-6-8-7(10)9(3)5-2/h1H,5-6H2,2-3H3,(H,8,10). The lowest BCUT2D eigenvalue weighted by Crippen LogP contribution is -2.36. The van der Waals surface area contributed by atoms with Crippen molar-refractivity contribution in [2.24, 2.45) is 0 Å². The first-order chi connectivity index (χ1) is 4.72. The molecule has 10 heavy (non-hydrogen) atoms. The monoisotopic (exact) mass is 156 g/mol. The van der Waals surface area contributed by atoms with Crippen molar-refractivity contribution in [3.05, 3.63) is 0 Å². The van der Waals surface area contributed by atoms with Gasteiger partial charge >= 0.3 is 0 Å². The number of terminal acetylenes is 1. The normalized spacial score (nSPS) is 8.10. The second-order valence-corrected chi connectivity index (χ2v) is 2.26. The summed E-state index contributed by atoms with van der Waals surface area (Å²) in [5.74, 6) is 2.45. The molecule has 2 nitrogen and oxygen atoms in total. The third-order valence-electron chi connectivity index (χ3n) is 1.16. The van der Waals surface area contributed by atoms with Gasteiger partial charge in [0.15, 0.2) is 5.11 Å². The van der Waals surface area contributed by atoms with Crippen molar-refractivity contribution >= 4 is 17.3 Å². The van der Waals surface area contributed by atoms with Crippen LogP contribution in [0.1, 0.15) is 6.92 Å². The van der Waals surface area contributed by atoms with Crippen LogP contribution in [0.15, 0.2) is 0 Å². The van der Waals surface area contributed by atoms with Gasteiger partial charge in [-0.25, -0.2) is 0 Å². The van der Waals surface area contributed by atoms with Crippen molar-refractivity contribution in [1.29, 1.82) is 0 Å². The Labute approximate surface area is 67.6 Å². The molecule has 0 aromatic heterocycles. The molecule has 56 valence electrons. The molecule has 0 fully saturated rings. The summed E-state index contributed by atoms with van der Waals surface area (Å²) in [6.45, 7) is 3.43. The lowest BCUT2D eigenvalue weighted by atomic mass is 10.6. The predicted molar refractivity (Wildman–Crippen MR) is 47.7 cm³/mol. The van der Waals surface area contributed by atoms with Crippen molar-refractivity contribution in [2.75, 3.05) is 20.1 Å². The van der Waals surface area contributed by atoms with E-state index in [-0.39, 0.29) is 0 Å². The zero-order valence-electron chi connectivity index (χ0n) is 6.35. The fraction of sp³-hybridized carbons (Fsp3) is 0.571. The van der Waals surface area contributed by atoms with Crippen molar-refractivity contribution in [3.63, 3.8) is 0 Å². The van der Waals surface area contributed by atoms with Gasteiger partial charge in [0.1, 0.15) is 0 Å². The van der Waals surface area contributed by atoms with Crippen molar-refractivity contribution in [3.8, 4) is 12.3 Å². The maximum absolute atomic E-state index is 5.03. The SMILES string of the molecule is C#CCNC(=S)N(C)CC. The summed E-state index contributed by atoms with van der Waals surface area (Å²) in [7, 11) is 1.92. The van der Waals surface area contributed by atoms with Gasteiger partial charge in [-0.05, 0) is 19.1 Å². The van der Waals surface area contributed by atoms with Gasteiger partial charge in [0.2, 0.25) is 0 Å². The van der Waals surface area contributed by atoms with Gasteiger partial charge in [0, 0.05) is 13.6 Å². The first-order valence-electron chi connectivity index (χ1n) is 3.14. The van der Waals surface area contributed by atoms with Crippen molar-refractivity contribution in [1.82, 2.24) is 10.2 Å². The average Bonchev–Trinajstić information content (AvgIpc) is 1.98. The van der Waals surface area contributed by atoms with Gasteiger partial charge in [0.25, 0.3) is 0 Å². The van der Waals surface area contributed by atoms with Crippen molar-refractivity contribution in [2.45, 2.75) is 6.92 Å². The van der Waals surface area contributed by atoms with Crippen LogP contribution in [-0.2, 0) is 0 Å². The molecule has 0 unspecified atom stereocenters. The lowest BCUT2D eigenvalue weighted by Gasteiger charge is -2.17. The van der Waals surface area contributed by atoms with E-state index in [1.165, 1.54) is 0 Å². The van der Waals surface area contributed by atoms with E-state index in [2.05, 4.69) is 11.2 Å². The molecule has 0 aliphatic heterocycles. The van der Waals surface area contributed by atoms with E-state index in [4.69, 9.17) is 18.6 Å². The minimum atomic E-state index is 0.503. The first-order valence-corrected chi connectivity index (χ1v) is 3.55. The molecule has 1 N–H and O–H groups in total. The van der Waals surface area contributed by atoms with Crippen LogP contribution in [-0.4, -0.2) is 30.1 Å². The molecule has 3 heteroatoms. The maximum atomic E-state index is 5.03. The van der Waals surface area contributed by atoms with E-state index in [1.807, 2.05) is 18.9 Å². The van der Waals surface area contributed by atoms with E-state index in [0.717, 1.165) is 6.54 Å². The average molecular weight is 156 g/mol. The maximum Gasteiger partial charge on any atom is 0.169 e. The second kappa shape index (κ2) is 5.07. The molecule has 0 aromatic rings. The Bertz CT molecular complexity index is 148. The Morgan fingerprint density at radius 1 is 1.80 bits per heavy atom. The number of hydrogen-bond donors (Lipinski definition) is 1. The first kappa shape index (κ1) is 9.25. The molecule has 0 amide bonds. The Morgan fingerprint density at radius 3 is 2.80 bits per heavy atom. The van der Waals surface area contributed by atoms with E-state index in [9.17, 15) is 0 Å². The highest BCUT2D eigenvalue weighted by molar-refractivity contribution is 7.80.